The third-order valence-corrected chi connectivity index (χ3v) is 4.14. The Kier molecular flexibility index (Phi) is 7.24. The highest BCUT2D eigenvalue weighted by atomic mass is 16.5. The van der Waals surface area contributed by atoms with Gasteiger partial charge in [0.05, 0.1) is 11.8 Å². The Morgan fingerprint density at radius 2 is 1.87 bits per heavy atom. The van der Waals surface area contributed by atoms with Crippen LogP contribution in [0.2, 0.25) is 0 Å². The van der Waals surface area contributed by atoms with E-state index >= 15 is 0 Å². The van der Waals surface area contributed by atoms with Crippen LogP contribution < -0.4 is 15.4 Å². The molecule has 1 aliphatic rings. The van der Waals surface area contributed by atoms with Gasteiger partial charge in [-0.3, -0.25) is 4.79 Å². The maximum Gasteiger partial charge on any atom is 0.221 e. The van der Waals surface area contributed by atoms with Gasteiger partial charge in [-0.2, -0.15) is 0 Å². The summed E-state index contributed by atoms with van der Waals surface area (Å²) in [5.74, 6) is 0.985. The number of anilines is 1. The van der Waals surface area contributed by atoms with Crippen molar-refractivity contribution in [2.24, 2.45) is 0 Å². The fourth-order valence-corrected chi connectivity index (χ4v) is 3.00. The first-order valence-corrected chi connectivity index (χ1v) is 8.94. The molecule has 0 bridgehead atoms. The number of nitrogens with one attached hydrogen (secondary N) is 2. The number of amides is 1. The van der Waals surface area contributed by atoms with Crippen molar-refractivity contribution in [3.63, 3.8) is 0 Å². The van der Waals surface area contributed by atoms with Gasteiger partial charge in [-0.1, -0.05) is 37.8 Å². The number of para-hydroxylation sites is 2. The SMILES string of the molecule is CC(C)Oc1ccccc1NCCC(=O)NC1CCCCCC1. The number of hydrogen-bond acceptors (Lipinski definition) is 3. The highest BCUT2D eigenvalue weighted by Gasteiger charge is 2.14. The lowest BCUT2D eigenvalue weighted by atomic mass is 10.1. The summed E-state index contributed by atoms with van der Waals surface area (Å²) in [6.45, 7) is 4.64. The van der Waals surface area contributed by atoms with Gasteiger partial charge in [0.2, 0.25) is 5.91 Å². The van der Waals surface area contributed by atoms with Crippen LogP contribution in [0.1, 0.15) is 58.8 Å². The zero-order valence-electron chi connectivity index (χ0n) is 14.4. The average molecular weight is 318 g/mol. The quantitative estimate of drug-likeness (QED) is 0.744. The number of hydrogen-bond donors (Lipinski definition) is 2. The summed E-state index contributed by atoms with van der Waals surface area (Å²) >= 11 is 0. The molecule has 1 aromatic carbocycles. The summed E-state index contributed by atoms with van der Waals surface area (Å²) in [7, 11) is 0. The fourth-order valence-electron chi connectivity index (χ4n) is 3.00. The predicted octanol–water partition coefficient (Wildman–Crippen LogP) is 4.11. The molecule has 0 saturated heterocycles. The highest BCUT2D eigenvalue weighted by molar-refractivity contribution is 5.77. The summed E-state index contributed by atoms with van der Waals surface area (Å²) in [5, 5.41) is 6.50. The summed E-state index contributed by atoms with van der Waals surface area (Å²) in [4.78, 5) is 12.1. The van der Waals surface area contributed by atoms with Crippen molar-refractivity contribution in [1.82, 2.24) is 5.32 Å². The van der Waals surface area contributed by atoms with Crippen molar-refractivity contribution in [3.8, 4) is 5.75 Å². The molecule has 1 amide bonds. The monoisotopic (exact) mass is 318 g/mol. The molecule has 0 atom stereocenters. The second-order valence-corrected chi connectivity index (χ2v) is 6.60. The van der Waals surface area contributed by atoms with Crippen LogP contribution in [0, 0.1) is 0 Å². The minimum absolute atomic E-state index is 0.136. The molecule has 4 heteroatoms. The largest absolute Gasteiger partial charge is 0.489 e. The summed E-state index contributed by atoms with van der Waals surface area (Å²) in [6, 6.07) is 8.25. The molecule has 4 nitrogen and oxygen atoms in total. The number of carbonyl (C=O) groups excluding carboxylic acids is 1. The molecule has 2 rings (SSSR count). The van der Waals surface area contributed by atoms with E-state index in [9.17, 15) is 4.79 Å². The Morgan fingerprint density at radius 3 is 2.57 bits per heavy atom. The minimum Gasteiger partial charge on any atom is -0.489 e. The predicted molar refractivity (Wildman–Crippen MR) is 94.9 cm³/mol. The van der Waals surface area contributed by atoms with Gasteiger partial charge in [-0.15, -0.1) is 0 Å². The Hall–Kier alpha value is -1.71. The Labute approximate surface area is 140 Å². The van der Waals surface area contributed by atoms with E-state index in [0.29, 0.717) is 19.0 Å². The molecule has 1 fully saturated rings. The highest BCUT2D eigenvalue weighted by Crippen LogP contribution is 2.24. The van der Waals surface area contributed by atoms with Gasteiger partial charge in [0.1, 0.15) is 5.75 Å². The Morgan fingerprint density at radius 1 is 1.17 bits per heavy atom. The van der Waals surface area contributed by atoms with Crippen LogP contribution in [0.25, 0.3) is 0 Å². The normalized spacial score (nSPS) is 16.0. The molecule has 0 heterocycles. The first-order valence-electron chi connectivity index (χ1n) is 8.94. The molecule has 0 radical (unpaired) electrons. The van der Waals surface area contributed by atoms with Crippen molar-refractivity contribution in [3.05, 3.63) is 24.3 Å². The lowest BCUT2D eigenvalue weighted by Crippen LogP contribution is -2.35. The summed E-state index contributed by atoms with van der Waals surface area (Å²) < 4.78 is 5.78. The number of ether oxygens (including phenoxy) is 1. The van der Waals surface area contributed by atoms with Crippen molar-refractivity contribution in [2.45, 2.75) is 70.9 Å². The standard InChI is InChI=1S/C19H30N2O2/c1-15(2)23-18-12-8-7-11-17(18)20-14-13-19(22)21-16-9-5-3-4-6-10-16/h7-8,11-12,15-16,20H,3-6,9-10,13-14H2,1-2H3,(H,21,22). The van der Waals surface area contributed by atoms with Crippen LogP contribution in [-0.4, -0.2) is 24.6 Å². The molecule has 0 spiro atoms. The molecule has 1 saturated carbocycles. The van der Waals surface area contributed by atoms with E-state index in [4.69, 9.17) is 4.74 Å². The summed E-state index contributed by atoms with van der Waals surface area (Å²) in [6.07, 6.45) is 7.98. The molecule has 128 valence electrons. The maximum atomic E-state index is 12.1. The van der Waals surface area contributed by atoms with Gasteiger partial charge in [0.15, 0.2) is 0 Å². The van der Waals surface area contributed by atoms with Gasteiger partial charge in [-0.05, 0) is 38.8 Å². The topological polar surface area (TPSA) is 50.4 Å². The smallest absolute Gasteiger partial charge is 0.221 e. The Bertz CT molecular complexity index is 480. The molecule has 1 aliphatic carbocycles. The second-order valence-electron chi connectivity index (χ2n) is 6.60. The number of benzene rings is 1. The van der Waals surface area contributed by atoms with Crippen LogP contribution in [-0.2, 0) is 4.79 Å². The van der Waals surface area contributed by atoms with Gasteiger partial charge in [-0.25, -0.2) is 0 Å². The lowest BCUT2D eigenvalue weighted by Gasteiger charge is -2.17. The van der Waals surface area contributed by atoms with E-state index in [2.05, 4.69) is 10.6 Å². The van der Waals surface area contributed by atoms with Crippen LogP contribution in [0.3, 0.4) is 0 Å². The second kappa shape index (κ2) is 9.43. The first-order chi connectivity index (χ1) is 11.1. The van der Waals surface area contributed by atoms with Crippen LogP contribution >= 0.6 is 0 Å². The molecule has 0 aromatic heterocycles. The number of carbonyl (C=O) groups is 1. The maximum absolute atomic E-state index is 12.1. The van der Waals surface area contributed by atoms with Crippen molar-refractivity contribution >= 4 is 11.6 Å². The molecule has 2 N–H and O–H groups in total. The van der Waals surface area contributed by atoms with E-state index in [1.807, 2.05) is 38.1 Å². The van der Waals surface area contributed by atoms with Gasteiger partial charge < -0.3 is 15.4 Å². The fraction of sp³-hybridized carbons (Fsp3) is 0.632. The molecule has 23 heavy (non-hydrogen) atoms. The third-order valence-electron chi connectivity index (χ3n) is 4.14. The lowest BCUT2D eigenvalue weighted by molar-refractivity contribution is -0.121. The third kappa shape index (κ3) is 6.51. The molecular weight excluding hydrogens is 288 g/mol. The van der Waals surface area contributed by atoms with Crippen LogP contribution in [0.15, 0.2) is 24.3 Å². The molecule has 1 aromatic rings. The molecular formula is C19H30N2O2. The molecule has 0 unspecified atom stereocenters. The van der Waals surface area contributed by atoms with Crippen molar-refractivity contribution < 1.29 is 9.53 Å². The van der Waals surface area contributed by atoms with Gasteiger partial charge >= 0.3 is 0 Å². The van der Waals surface area contributed by atoms with Crippen molar-refractivity contribution in [1.29, 1.82) is 0 Å². The Balaban J connectivity index is 1.74. The average Bonchev–Trinajstić information content (AvgIpc) is 2.77. The van der Waals surface area contributed by atoms with E-state index < -0.39 is 0 Å². The summed E-state index contributed by atoms with van der Waals surface area (Å²) in [5.41, 5.74) is 0.948. The zero-order valence-corrected chi connectivity index (χ0v) is 14.4. The van der Waals surface area contributed by atoms with E-state index in [1.165, 1.54) is 25.7 Å². The minimum atomic E-state index is 0.136. The van der Waals surface area contributed by atoms with Gasteiger partial charge in [0, 0.05) is 19.0 Å². The first kappa shape index (κ1) is 17.6. The van der Waals surface area contributed by atoms with E-state index in [-0.39, 0.29) is 12.0 Å². The zero-order chi connectivity index (χ0) is 16.5. The van der Waals surface area contributed by atoms with Crippen molar-refractivity contribution in [2.75, 3.05) is 11.9 Å². The van der Waals surface area contributed by atoms with Crippen LogP contribution in [0.5, 0.6) is 5.75 Å². The van der Waals surface area contributed by atoms with E-state index in [0.717, 1.165) is 24.3 Å². The van der Waals surface area contributed by atoms with Gasteiger partial charge in [0.25, 0.3) is 0 Å². The number of rotatable bonds is 7. The molecule has 0 aliphatic heterocycles. The van der Waals surface area contributed by atoms with E-state index in [1.54, 1.807) is 0 Å². The van der Waals surface area contributed by atoms with Crippen LogP contribution in [0.4, 0.5) is 5.69 Å².